The lowest BCUT2D eigenvalue weighted by Crippen LogP contribution is -2.42. The number of fused-ring (bicyclic) bond motifs is 1. The van der Waals surface area contributed by atoms with Crippen LogP contribution in [0.5, 0.6) is 0 Å². The molecule has 0 radical (unpaired) electrons. The minimum atomic E-state index is -0.243. The van der Waals surface area contributed by atoms with E-state index in [-0.39, 0.29) is 17.8 Å². The van der Waals surface area contributed by atoms with Crippen LogP contribution in [0.1, 0.15) is 17.5 Å². The maximum atomic E-state index is 13.2. The average Bonchev–Trinajstić information content (AvgIpc) is 3.29. The Hall–Kier alpha value is -2.70. The number of benzene rings is 2. The standard InChI is InChI=1S/C20H21FN4O/c1-12-16-10-13(11-22-20(26)18-8-9-23-25-18)2-7-17(16)24-19(12)14-3-5-15(21)6-4-14/h2-7,10,18,23-25H,8-9,11H2,1H3,(H,22,26). The van der Waals surface area contributed by atoms with Gasteiger partial charge in [0.2, 0.25) is 5.91 Å². The number of hydrazine groups is 1. The predicted octanol–water partition coefficient (Wildman–Crippen LogP) is 2.77. The van der Waals surface area contributed by atoms with E-state index in [0.29, 0.717) is 6.54 Å². The summed E-state index contributed by atoms with van der Waals surface area (Å²) in [5, 5.41) is 4.08. The summed E-state index contributed by atoms with van der Waals surface area (Å²) in [6.07, 6.45) is 0.794. The van der Waals surface area contributed by atoms with Crippen molar-refractivity contribution >= 4 is 16.8 Å². The summed E-state index contributed by atoms with van der Waals surface area (Å²) in [5.74, 6) is -0.236. The van der Waals surface area contributed by atoms with Crippen molar-refractivity contribution in [2.75, 3.05) is 6.54 Å². The first kappa shape index (κ1) is 16.8. The number of aromatic amines is 1. The largest absolute Gasteiger partial charge is 0.354 e. The molecule has 26 heavy (non-hydrogen) atoms. The van der Waals surface area contributed by atoms with Gasteiger partial charge in [0.15, 0.2) is 0 Å². The Bertz CT molecular complexity index is 942. The van der Waals surface area contributed by atoms with E-state index in [1.165, 1.54) is 12.1 Å². The van der Waals surface area contributed by atoms with Crippen LogP contribution in [0.3, 0.4) is 0 Å². The third-order valence-corrected chi connectivity index (χ3v) is 4.87. The molecule has 3 aromatic rings. The number of hydrogen-bond acceptors (Lipinski definition) is 3. The molecule has 1 aromatic heterocycles. The van der Waals surface area contributed by atoms with Crippen molar-refractivity contribution in [3.05, 3.63) is 59.4 Å². The van der Waals surface area contributed by atoms with E-state index in [2.05, 4.69) is 27.2 Å². The molecule has 4 rings (SSSR count). The zero-order chi connectivity index (χ0) is 18.1. The van der Waals surface area contributed by atoms with Crippen LogP contribution in [0.25, 0.3) is 22.2 Å². The predicted molar refractivity (Wildman–Crippen MR) is 99.8 cm³/mol. The highest BCUT2D eigenvalue weighted by Crippen LogP contribution is 2.30. The van der Waals surface area contributed by atoms with E-state index in [0.717, 1.165) is 46.3 Å². The zero-order valence-corrected chi connectivity index (χ0v) is 14.5. The number of carbonyl (C=O) groups excluding carboxylic acids is 1. The van der Waals surface area contributed by atoms with Crippen LogP contribution in [0.4, 0.5) is 4.39 Å². The molecule has 0 saturated carbocycles. The number of nitrogens with one attached hydrogen (secondary N) is 4. The van der Waals surface area contributed by atoms with E-state index in [1.54, 1.807) is 12.1 Å². The first-order valence-electron chi connectivity index (χ1n) is 8.75. The Morgan fingerprint density at radius 3 is 2.77 bits per heavy atom. The summed E-state index contributed by atoms with van der Waals surface area (Å²) in [5.41, 5.74) is 11.1. The summed E-state index contributed by atoms with van der Waals surface area (Å²) >= 11 is 0. The van der Waals surface area contributed by atoms with Crippen molar-refractivity contribution in [1.29, 1.82) is 0 Å². The third kappa shape index (κ3) is 3.21. The Kier molecular flexibility index (Phi) is 4.44. The highest BCUT2D eigenvalue weighted by atomic mass is 19.1. The highest BCUT2D eigenvalue weighted by molar-refractivity contribution is 5.91. The van der Waals surface area contributed by atoms with Gasteiger partial charge in [-0.3, -0.25) is 10.2 Å². The summed E-state index contributed by atoms with van der Waals surface area (Å²) in [6, 6.07) is 12.4. The van der Waals surface area contributed by atoms with Crippen LogP contribution in [-0.4, -0.2) is 23.5 Å². The van der Waals surface area contributed by atoms with E-state index in [4.69, 9.17) is 0 Å². The van der Waals surface area contributed by atoms with E-state index >= 15 is 0 Å². The summed E-state index contributed by atoms with van der Waals surface area (Å²) < 4.78 is 13.2. The van der Waals surface area contributed by atoms with Crippen molar-refractivity contribution in [2.45, 2.75) is 25.9 Å². The number of aryl methyl sites for hydroxylation is 1. The van der Waals surface area contributed by atoms with Gasteiger partial charge in [-0.25, -0.2) is 9.82 Å². The number of halogens is 1. The number of aromatic nitrogens is 1. The zero-order valence-electron chi connectivity index (χ0n) is 14.5. The fourth-order valence-electron chi connectivity index (χ4n) is 3.38. The van der Waals surface area contributed by atoms with Crippen molar-refractivity contribution in [2.24, 2.45) is 0 Å². The van der Waals surface area contributed by atoms with Crippen LogP contribution in [-0.2, 0) is 11.3 Å². The van der Waals surface area contributed by atoms with Crippen LogP contribution < -0.4 is 16.2 Å². The van der Waals surface area contributed by atoms with Gasteiger partial charge in [-0.05, 0) is 66.4 Å². The lowest BCUT2D eigenvalue weighted by Gasteiger charge is -2.10. The molecule has 1 amide bonds. The second-order valence-electron chi connectivity index (χ2n) is 6.64. The van der Waals surface area contributed by atoms with Crippen LogP contribution >= 0.6 is 0 Å². The minimum absolute atomic E-state index is 0.00730. The topological polar surface area (TPSA) is 69.0 Å². The molecule has 0 bridgehead atoms. The Morgan fingerprint density at radius 2 is 2.04 bits per heavy atom. The van der Waals surface area contributed by atoms with Gasteiger partial charge in [0.05, 0.1) is 0 Å². The lowest BCUT2D eigenvalue weighted by atomic mass is 10.0. The first-order valence-corrected chi connectivity index (χ1v) is 8.75. The van der Waals surface area contributed by atoms with Crippen molar-refractivity contribution in [1.82, 2.24) is 21.2 Å². The van der Waals surface area contributed by atoms with Gasteiger partial charge in [-0.15, -0.1) is 0 Å². The van der Waals surface area contributed by atoms with E-state index in [1.807, 2.05) is 19.1 Å². The molecule has 1 aliphatic rings. The summed E-state index contributed by atoms with van der Waals surface area (Å²) in [4.78, 5) is 15.5. The van der Waals surface area contributed by atoms with Crippen LogP contribution in [0.15, 0.2) is 42.5 Å². The molecule has 0 aliphatic carbocycles. The molecule has 4 N–H and O–H groups in total. The molecule has 1 aliphatic heterocycles. The maximum absolute atomic E-state index is 13.2. The number of H-pyrrole nitrogens is 1. The summed E-state index contributed by atoms with van der Waals surface area (Å²) in [7, 11) is 0. The molecule has 0 spiro atoms. The molecule has 2 aromatic carbocycles. The number of hydrogen-bond donors (Lipinski definition) is 4. The first-order chi connectivity index (χ1) is 12.6. The summed E-state index contributed by atoms with van der Waals surface area (Å²) in [6.45, 7) is 3.34. The molecule has 134 valence electrons. The quantitative estimate of drug-likeness (QED) is 0.584. The molecule has 1 unspecified atom stereocenters. The van der Waals surface area contributed by atoms with Gasteiger partial charge >= 0.3 is 0 Å². The number of amides is 1. The fraction of sp³-hybridized carbons (Fsp3) is 0.250. The van der Waals surface area contributed by atoms with Gasteiger partial charge in [0, 0.05) is 29.7 Å². The second-order valence-corrected chi connectivity index (χ2v) is 6.64. The van der Waals surface area contributed by atoms with Crippen molar-refractivity contribution < 1.29 is 9.18 Å². The maximum Gasteiger partial charge on any atom is 0.238 e. The number of carbonyl (C=O) groups is 1. The van der Waals surface area contributed by atoms with E-state index in [9.17, 15) is 9.18 Å². The second kappa shape index (κ2) is 6.90. The molecule has 1 fully saturated rings. The van der Waals surface area contributed by atoms with Gasteiger partial charge in [-0.2, -0.15) is 0 Å². The Balaban J connectivity index is 1.56. The Morgan fingerprint density at radius 1 is 1.23 bits per heavy atom. The molecule has 1 saturated heterocycles. The molecular formula is C20H21FN4O. The SMILES string of the molecule is Cc1c(-c2ccc(F)cc2)[nH]c2ccc(CNC(=O)C3CCNN3)cc12. The van der Waals surface area contributed by atoms with Crippen LogP contribution in [0.2, 0.25) is 0 Å². The molecule has 2 heterocycles. The van der Waals surface area contributed by atoms with E-state index < -0.39 is 0 Å². The smallest absolute Gasteiger partial charge is 0.238 e. The number of rotatable bonds is 4. The fourth-order valence-corrected chi connectivity index (χ4v) is 3.38. The van der Waals surface area contributed by atoms with Gasteiger partial charge < -0.3 is 10.3 Å². The van der Waals surface area contributed by atoms with Crippen molar-refractivity contribution in [3.8, 4) is 11.3 Å². The van der Waals surface area contributed by atoms with Crippen LogP contribution in [0, 0.1) is 12.7 Å². The third-order valence-electron chi connectivity index (χ3n) is 4.87. The molecular weight excluding hydrogens is 331 g/mol. The van der Waals surface area contributed by atoms with Gasteiger partial charge in [0.1, 0.15) is 11.9 Å². The minimum Gasteiger partial charge on any atom is -0.354 e. The highest BCUT2D eigenvalue weighted by Gasteiger charge is 2.21. The average molecular weight is 352 g/mol. The Labute approximate surface area is 151 Å². The lowest BCUT2D eigenvalue weighted by molar-refractivity contribution is -0.123. The molecule has 6 heteroatoms. The molecule has 1 atom stereocenters. The molecule has 5 nitrogen and oxygen atoms in total. The van der Waals surface area contributed by atoms with Gasteiger partial charge in [-0.1, -0.05) is 6.07 Å². The normalized spacial score (nSPS) is 16.9. The van der Waals surface area contributed by atoms with Gasteiger partial charge in [0.25, 0.3) is 0 Å². The van der Waals surface area contributed by atoms with Crippen molar-refractivity contribution in [3.63, 3.8) is 0 Å². The monoisotopic (exact) mass is 352 g/mol.